The zero-order chi connectivity index (χ0) is 11.1. The predicted molar refractivity (Wildman–Crippen MR) is 69.6 cm³/mol. The maximum absolute atomic E-state index is 3.54. The Balaban J connectivity index is 1.42. The quantitative estimate of drug-likeness (QED) is 0.658. The molecule has 1 saturated carbocycles. The van der Waals surface area contributed by atoms with E-state index in [1.54, 1.807) is 0 Å². The molecule has 1 aromatic rings. The zero-order valence-electron chi connectivity index (χ0n) is 10.1. The Morgan fingerprint density at radius 3 is 2.56 bits per heavy atom. The molecule has 1 aromatic carbocycles. The lowest BCUT2D eigenvalue weighted by Crippen LogP contribution is -2.17. The number of unbranched alkanes of at least 4 members (excludes halogenated alkanes) is 1. The molecule has 0 spiro atoms. The van der Waals surface area contributed by atoms with E-state index in [9.17, 15) is 0 Å². The van der Waals surface area contributed by atoms with Crippen LogP contribution in [0.4, 0.5) is 0 Å². The lowest BCUT2D eigenvalue weighted by atomic mass is 10.1. The third kappa shape index (κ3) is 4.80. The Labute approximate surface area is 99.3 Å². The summed E-state index contributed by atoms with van der Waals surface area (Å²) >= 11 is 0. The summed E-state index contributed by atoms with van der Waals surface area (Å²) in [6.45, 7) is 2.43. The molecule has 1 aliphatic rings. The normalized spacial score (nSPS) is 15.2. The molecule has 1 heteroatoms. The summed E-state index contributed by atoms with van der Waals surface area (Å²) in [5, 5.41) is 3.54. The third-order valence-corrected chi connectivity index (χ3v) is 3.34. The minimum absolute atomic E-state index is 1.07. The minimum Gasteiger partial charge on any atom is -0.317 e. The molecule has 1 fully saturated rings. The molecule has 0 radical (unpaired) electrons. The highest BCUT2D eigenvalue weighted by molar-refractivity contribution is 5.14. The highest BCUT2D eigenvalue weighted by Gasteiger charge is 2.19. The van der Waals surface area contributed by atoms with E-state index >= 15 is 0 Å². The van der Waals surface area contributed by atoms with Gasteiger partial charge in [0, 0.05) is 0 Å². The molecular formula is C15H23N. The Kier molecular flexibility index (Phi) is 4.88. The zero-order valence-corrected chi connectivity index (χ0v) is 10.1. The fraction of sp³-hybridized carbons (Fsp3) is 0.600. The monoisotopic (exact) mass is 217 g/mol. The van der Waals surface area contributed by atoms with Crippen molar-refractivity contribution in [1.29, 1.82) is 0 Å². The first-order chi connectivity index (χ1) is 7.95. The van der Waals surface area contributed by atoms with Gasteiger partial charge in [-0.05, 0) is 50.3 Å². The number of hydrogen-bond donors (Lipinski definition) is 1. The summed E-state index contributed by atoms with van der Waals surface area (Å²) < 4.78 is 0. The molecule has 2 rings (SSSR count). The van der Waals surface area contributed by atoms with E-state index in [0.717, 1.165) is 5.92 Å². The summed E-state index contributed by atoms with van der Waals surface area (Å²) in [6.07, 6.45) is 8.20. The molecular weight excluding hydrogens is 194 g/mol. The number of hydrogen-bond acceptors (Lipinski definition) is 1. The van der Waals surface area contributed by atoms with Crippen molar-refractivity contribution in [2.75, 3.05) is 13.1 Å². The number of benzene rings is 1. The number of aryl methyl sites for hydroxylation is 1. The summed E-state index contributed by atoms with van der Waals surface area (Å²) in [4.78, 5) is 0. The smallest absolute Gasteiger partial charge is 0.00463 e. The van der Waals surface area contributed by atoms with Gasteiger partial charge >= 0.3 is 0 Å². The maximum Gasteiger partial charge on any atom is -0.00463 e. The molecule has 0 unspecified atom stereocenters. The van der Waals surface area contributed by atoms with Crippen molar-refractivity contribution < 1.29 is 0 Å². The van der Waals surface area contributed by atoms with Crippen molar-refractivity contribution in [3.05, 3.63) is 35.9 Å². The van der Waals surface area contributed by atoms with E-state index in [4.69, 9.17) is 0 Å². The molecule has 1 N–H and O–H groups in total. The minimum atomic E-state index is 1.07. The molecule has 88 valence electrons. The molecule has 1 aliphatic carbocycles. The van der Waals surface area contributed by atoms with Gasteiger partial charge in [0.25, 0.3) is 0 Å². The summed E-state index contributed by atoms with van der Waals surface area (Å²) in [6, 6.07) is 10.8. The number of nitrogens with one attached hydrogen (secondary N) is 1. The van der Waals surface area contributed by atoms with Crippen LogP contribution >= 0.6 is 0 Å². The van der Waals surface area contributed by atoms with Crippen molar-refractivity contribution in [2.45, 2.75) is 38.5 Å². The van der Waals surface area contributed by atoms with Gasteiger partial charge in [0.05, 0.1) is 0 Å². The molecule has 0 aliphatic heterocycles. The van der Waals surface area contributed by atoms with E-state index in [1.807, 2.05) is 0 Å². The van der Waals surface area contributed by atoms with Crippen LogP contribution in [0.3, 0.4) is 0 Å². The van der Waals surface area contributed by atoms with Crippen molar-refractivity contribution in [3.63, 3.8) is 0 Å². The first-order valence-corrected chi connectivity index (χ1v) is 6.70. The summed E-state index contributed by atoms with van der Waals surface area (Å²) in [7, 11) is 0. The number of rotatable bonds is 8. The van der Waals surface area contributed by atoms with Crippen LogP contribution in [0.2, 0.25) is 0 Å². The van der Waals surface area contributed by atoms with Crippen LogP contribution in [0, 0.1) is 5.92 Å². The van der Waals surface area contributed by atoms with Gasteiger partial charge in [0.1, 0.15) is 0 Å². The van der Waals surface area contributed by atoms with Crippen LogP contribution < -0.4 is 5.32 Å². The summed E-state index contributed by atoms with van der Waals surface area (Å²) in [5.74, 6) is 1.07. The second-order valence-electron chi connectivity index (χ2n) is 4.92. The SMILES string of the molecule is c1ccc(CCCCNCCC2CC2)cc1. The van der Waals surface area contributed by atoms with E-state index in [1.165, 1.54) is 57.2 Å². The van der Waals surface area contributed by atoms with E-state index in [2.05, 4.69) is 35.6 Å². The van der Waals surface area contributed by atoms with Crippen molar-refractivity contribution in [2.24, 2.45) is 5.92 Å². The molecule has 16 heavy (non-hydrogen) atoms. The second-order valence-corrected chi connectivity index (χ2v) is 4.92. The molecule has 0 amide bonds. The highest BCUT2D eigenvalue weighted by Crippen LogP contribution is 2.31. The average Bonchev–Trinajstić information content (AvgIpc) is 3.13. The Morgan fingerprint density at radius 2 is 1.81 bits per heavy atom. The van der Waals surface area contributed by atoms with Crippen LogP contribution in [0.25, 0.3) is 0 Å². The van der Waals surface area contributed by atoms with Crippen LogP contribution in [-0.4, -0.2) is 13.1 Å². The Morgan fingerprint density at radius 1 is 1.00 bits per heavy atom. The van der Waals surface area contributed by atoms with Gasteiger partial charge in [-0.2, -0.15) is 0 Å². The molecule has 1 nitrogen and oxygen atoms in total. The molecule has 0 aromatic heterocycles. The van der Waals surface area contributed by atoms with E-state index in [-0.39, 0.29) is 0 Å². The lowest BCUT2D eigenvalue weighted by Gasteiger charge is -2.04. The van der Waals surface area contributed by atoms with E-state index < -0.39 is 0 Å². The van der Waals surface area contributed by atoms with Gasteiger partial charge in [0.15, 0.2) is 0 Å². The van der Waals surface area contributed by atoms with Crippen LogP contribution in [0.15, 0.2) is 30.3 Å². The molecule has 0 bridgehead atoms. The molecule has 0 heterocycles. The largest absolute Gasteiger partial charge is 0.317 e. The first kappa shape index (κ1) is 11.7. The lowest BCUT2D eigenvalue weighted by molar-refractivity contribution is 0.582. The van der Waals surface area contributed by atoms with Crippen LogP contribution in [-0.2, 0) is 6.42 Å². The van der Waals surface area contributed by atoms with Crippen molar-refractivity contribution in [3.8, 4) is 0 Å². The van der Waals surface area contributed by atoms with Crippen LogP contribution in [0.1, 0.15) is 37.7 Å². The van der Waals surface area contributed by atoms with Gasteiger partial charge in [-0.15, -0.1) is 0 Å². The van der Waals surface area contributed by atoms with Gasteiger partial charge in [-0.3, -0.25) is 0 Å². The summed E-state index contributed by atoms with van der Waals surface area (Å²) in [5.41, 5.74) is 1.47. The van der Waals surface area contributed by atoms with Gasteiger partial charge < -0.3 is 5.32 Å². The maximum atomic E-state index is 3.54. The van der Waals surface area contributed by atoms with Crippen molar-refractivity contribution >= 4 is 0 Å². The van der Waals surface area contributed by atoms with Gasteiger partial charge in [0.2, 0.25) is 0 Å². The fourth-order valence-corrected chi connectivity index (χ4v) is 2.06. The topological polar surface area (TPSA) is 12.0 Å². The second kappa shape index (κ2) is 6.70. The van der Waals surface area contributed by atoms with Gasteiger partial charge in [-0.1, -0.05) is 43.2 Å². The Bertz CT molecular complexity index is 277. The molecule has 0 atom stereocenters. The predicted octanol–water partition coefficient (Wildman–Crippen LogP) is 3.40. The fourth-order valence-electron chi connectivity index (χ4n) is 2.06. The third-order valence-electron chi connectivity index (χ3n) is 3.34. The standard InChI is InChI=1S/C15H23N/c1-2-6-14(7-3-1)8-4-5-12-16-13-11-15-9-10-15/h1-3,6-7,15-16H,4-5,8-13H2. The average molecular weight is 217 g/mol. The highest BCUT2D eigenvalue weighted by atomic mass is 14.8. The van der Waals surface area contributed by atoms with Gasteiger partial charge in [-0.25, -0.2) is 0 Å². The van der Waals surface area contributed by atoms with Crippen molar-refractivity contribution in [1.82, 2.24) is 5.32 Å². The van der Waals surface area contributed by atoms with Crippen LogP contribution in [0.5, 0.6) is 0 Å². The Hall–Kier alpha value is -0.820. The van der Waals surface area contributed by atoms with E-state index in [0.29, 0.717) is 0 Å². The first-order valence-electron chi connectivity index (χ1n) is 6.70. The molecule has 0 saturated heterocycles.